The Bertz CT molecular complexity index is 387. The number of pyridine rings is 1. The van der Waals surface area contributed by atoms with E-state index in [2.05, 4.69) is 4.98 Å². The number of hydrogen-bond acceptors (Lipinski definition) is 3. The van der Waals surface area contributed by atoms with Crippen LogP contribution >= 0.6 is 0 Å². The van der Waals surface area contributed by atoms with Crippen molar-refractivity contribution in [3.8, 4) is 0 Å². The molecule has 3 N–H and O–H groups in total. The van der Waals surface area contributed by atoms with E-state index in [0.717, 1.165) is 0 Å². The maximum absolute atomic E-state index is 12.1. The zero-order valence-electron chi connectivity index (χ0n) is 6.38. The molecule has 0 aliphatic heterocycles. The summed E-state index contributed by atoms with van der Waals surface area (Å²) in [6.45, 7) is 0. The number of alkyl halides is 2. The van der Waals surface area contributed by atoms with Crippen LogP contribution in [0.4, 0.5) is 14.5 Å². The van der Waals surface area contributed by atoms with E-state index in [9.17, 15) is 18.4 Å². The lowest BCUT2D eigenvalue weighted by molar-refractivity contribution is 0.111. The van der Waals surface area contributed by atoms with Crippen LogP contribution in [0.5, 0.6) is 0 Å². The quantitative estimate of drug-likeness (QED) is 0.671. The molecule has 0 aliphatic carbocycles. The van der Waals surface area contributed by atoms with Crippen LogP contribution in [0.1, 0.15) is 22.6 Å². The Morgan fingerprint density at radius 1 is 1.54 bits per heavy atom. The van der Waals surface area contributed by atoms with Crippen LogP contribution in [0.15, 0.2) is 10.9 Å². The second kappa shape index (κ2) is 3.34. The molecule has 0 fully saturated rings. The van der Waals surface area contributed by atoms with Gasteiger partial charge in [0.15, 0.2) is 6.29 Å². The normalized spacial score (nSPS) is 10.4. The highest BCUT2D eigenvalue weighted by atomic mass is 19.3. The molecule has 1 rings (SSSR count). The van der Waals surface area contributed by atoms with E-state index in [-0.39, 0.29) is 17.7 Å². The number of nitrogens with two attached hydrogens (primary N) is 1. The number of nitrogen functional groups attached to an aromatic ring is 1. The maximum Gasteiger partial charge on any atom is 0.278 e. The van der Waals surface area contributed by atoms with Gasteiger partial charge in [0.1, 0.15) is 11.4 Å². The Hall–Kier alpha value is -1.72. The molecular weight excluding hydrogens is 182 g/mol. The van der Waals surface area contributed by atoms with Gasteiger partial charge < -0.3 is 10.7 Å². The van der Waals surface area contributed by atoms with Crippen LogP contribution in [0.2, 0.25) is 0 Å². The van der Waals surface area contributed by atoms with E-state index < -0.39 is 17.5 Å². The Morgan fingerprint density at radius 3 is 2.62 bits per heavy atom. The maximum atomic E-state index is 12.1. The van der Waals surface area contributed by atoms with Crippen LogP contribution in [0.3, 0.4) is 0 Å². The van der Waals surface area contributed by atoms with Gasteiger partial charge in [-0.2, -0.15) is 0 Å². The number of nitrogens with one attached hydrogen (secondary N) is 1. The van der Waals surface area contributed by atoms with Crippen molar-refractivity contribution >= 4 is 12.0 Å². The average Bonchev–Trinajstić information content (AvgIpc) is 2.09. The second-order valence-corrected chi connectivity index (χ2v) is 2.33. The van der Waals surface area contributed by atoms with Crippen molar-refractivity contribution in [1.82, 2.24) is 4.98 Å². The standard InChI is InChI=1S/C7H6F2N2O2/c8-7(9)3-1-5(13)6(10)4(2-12)11-3/h1-2,7H,10H2,(H,11,13). The summed E-state index contributed by atoms with van der Waals surface area (Å²) in [6, 6.07) is 0.674. The van der Waals surface area contributed by atoms with Gasteiger partial charge in [0.25, 0.3) is 6.43 Å². The summed E-state index contributed by atoms with van der Waals surface area (Å²) >= 11 is 0. The molecule has 4 nitrogen and oxygen atoms in total. The summed E-state index contributed by atoms with van der Waals surface area (Å²) in [5, 5.41) is 0. The van der Waals surface area contributed by atoms with Crippen molar-refractivity contribution in [1.29, 1.82) is 0 Å². The number of carbonyl (C=O) groups is 1. The number of aromatic nitrogens is 1. The first kappa shape index (κ1) is 9.37. The average molecular weight is 188 g/mol. The third-order valence-electron chi connectivity index (χ3n) is 1.47. The molecule has 6 heteroatoms. The lowest BCUT2D eigenvalue weighted by Gasteiger charge is -2.02. The van der Waals surface area contributed by atoms with Gasteiger partial charge in [-0.15, -0.1) is 0 Å². The minimum atomic E-state index is -2.83. The predicted octanol–water partition coefficient (Wildman–Crippen LogP) is 0.707. The molecule has 1 heterocycles. The van der Waals surface area contributed by atoms with Crippen molar-refractivity contribution in [2.75, 3.05) is 5.73 Å². The number of rotatable bonds is 2. The summed E-state index contributed by atoms with van der Waals surface area (Å²) < 4.78 is 24.1. The number of aromatic amines is 1. The molecule has 70 valence electrons. The number of H-pyrrole nitrogens is 1. The number of anilines is 1. The fourth-order valence-corrected chi connectivity index (χ4v) is 0.821. The minimum absolute atomic E-state index is 0.225. The van der Waals surface area contributed by atoms with Crippen LogP contribution in [0.25, 0.3) is 0 Å². The van der Waals surface area contributed by atoms with Crippen LogP contribution < -0.4 is 11.2 Å². The molecule has 0 bridgehead atoms. The first-order chi connectivity index (χ1) is 6.06. The van der Waals surface area contributed by atoms with E-state index in [1.165, 1.54) is 0 Å². The molecule has 0 amide bonds. The third kappa shape index (κ3) is 1.71. The molecule has 0 unspecified atom stereocenters. The van der Waals surface area contributed by atoms with E-state index in [1.54, 1.807) is 0 Å². The highest BCUT2D eigenvalue weighted by Gasteiger charge is 2.12. The molecule has 0 spiro atoms. The lowest BCUT2D eigenvalue weighted by atomic mass is 10.2. The molecule has 0 aromatic carbocycles. The Morgan fingerprint density at radius 2 is 2.15 bits per heavy atom. The van der Waals surface area contributed by atoms with Crippen molar-refractivity contribution in [3.05, 3.63) is 27.7 Å². The summed E-state index contributed by atoms with van der Waals surface area (Å²) in [6.07, 6.45) is -2.60. The van der Waals surface area contributed by atoms with E-state index in [1.807, 2.05) is 0 Å². The van der Waals surface area contributed by atoms with Gasteiger partial charge in [-0.1, -0.05) is 0 Å². The molecule has 1 aromatic rings. The fourth-order valence-electron chi connectivity index (χ4n) is 0.821. The third-order valence-corrected chi connectivity index (χ3v) is 1.47. The van der Waals surface area contributed by atoms with Gasteiger partial charge in [0.05, 0.1) is 5.69 Å². The topological polar surface area (TPSA) is 76.0 Å². The van der Waals surface area contributed by atoms with E-state index in [0.29, 0.717) is 6.07 Å². The number of carbonyl (C=O) groups excluding carboxylic acids is 1. The molecule has 0 saturated heterocycles. The highest BCUT2D eigenvalue weighted by Crippen LogP contribution is 2.15. The zero-order valence-corrected chi connectivity index (χ0v) is 6.38. The van der Waals surface area contributed by atoms with Gasteiger partial charge in [-0.3, -0.25) is 9.59 Å². The molecule has 0 saturated carbocycles. The summed E-state index contributed by atoms with van der Waals surface area (Å²) in [5.74, 6) is 0. The molecular formula is C7H6F2N2O2. The van der Waals surface area contributed by atoms with Gasteiger partial charge in [0, 0.05) is 6.07 Å². The SMILES string of the molecule is Nc1c(C=O)[nH]c(C(F)F)cc1=O. The zero-order chi connectivity index (χ0) is 10.0. The van der Waals surface area contributed by atoms with Crippen molar-refractivity contribution in [2.24, 2.45) is 0 Å². The number of halogens is 2. The van der Waals surface area contributed by atoms with Crippen molar-refractivity contribution in [3.63, 3.8) is 0 Å². The van der Waals surface area contributed by atoms with Gasteiger partial charge in [0.2, 0.25) is 5.43 Å². The Kier molecular flexibility index (Phi) is 2.41. The first-order valence-corrected chi connectivity index (χ1v) is 3.32. The second-order valence-electron chi connectivity index (χ2n) is 2.33. The van der Waals surface area contributed by atoms with Crippen LogP contribution in [-0.4, -0.2) is 11.3 Å². The number of hydrogen-bond donors (Lipinski definition) is 2. The highest BCUT2D eigenvalue weighted by molar-refractivity contribution is 5.80. The van der Waals surface area contributed by atoms with Gasteiger partial charge >= 0.3 is 0 Å². The van der Waals surface area contributed by atoms with E-state index >= 15 is 0 Å². The molecule has 0 atom stereocenters. The smallest absolute Gasteiger partial charge is 0.278 e. The number of aldehydes is 1. The van der Waals surface area contributed by atoms with Crippen LogP contribution in [0, 0.1) is 0 Å². The Labute approximate surface area is 71.4 Å². The Balaban J connectivity index is 3.39. The molecule has 0 aliphatic rings. The monoisotopic (exact) mass is 188 g/mol. The van der Waals surface area contributed by atoms with Crippen molar-refractivity contribution < 1.29 is 13.6 Å². The van der Waals surface area contributed by atoms with Gasteiger partial charge in [-0.05, 0) is 0 Å². The molecule has 13 heavy (non-hydrogen) atoms. The van der Waals surface area contributed by atoms with E-state index in [4.69, 9.17) is 5.73 Å². The minimum Gasteiger partial charge on any atom is -0.394 e. The summed E-state index contributed by atoms with van der Waals surface area (Å²) in [5.41, 5.74) is 3.09. The predicted molar refractivity (Wildman–Crippen MR) is 41.8 cm³/mol. The van der Waals surface area contributed by atoms with Gasteiger partial charge in [-0.25, -0.2) is 8.78 Å². The summed E-state index contributed by atoms with van der Waals surface area (Å²) in [4.78, 5) is 23.2. The fraction of sp³-hybridized carbons (Fsp3) is 0.143. The molecule has 0 radical (unpaired) electrons. The lowest BCUT2D eigenvalue weighted by Crippen LogP contribution is -2.14. The summed E-state index contributed by atoms with van der Waals surface area (Å²) in [7, 11) is 0. The molecule has 1 aromatic heterocycles. The largest absolute Gasteiger partial charge is 0.394 e. The first-order valence-electron chi connectivity index (χ1n) is 3.32. The van der Waals surface area contributed by atoms with Crippen LogP contribution in [-0.2, 0) is 0 Å². The van der Waals surface area contributed by atoms with Crippen molar-refractivity contribution in [2.45, 2.75) is 6.43 Å².